The van der Waals surface area contributed by atoms with Gasteiger partial charge < -0.3 is 10.2 Å². The average molecular weight is 499 g/mol. The van der Waals surface area contributed by atoms with Crippen LogP contribution in [0.1, 0.15) is 64.8 Å². The molecule has 1 atom stereocenters. The molecule has 0 radical (unpaired) electrons. The van der Waals surface area contributed by atoms with Gasteiger partial charge >= 0.3 is 0 Å². The minimum atomic E-state index is -1.16. The van der Waals surface area contributed by atoms with Crippen LogP contribution in [0.2, 0.25) is 0 Å². The van der Waals surface area contributed by atoms with Gasteiger partial charge in [-0.3, -0.25) is 0 Å². The molecule has 0 bridgehead atoms. The molecule has 0 fully saturated rings. The Morgan fingerprint density at radius 3 is 2.41 bits per heavy atom. The van der Waals surface area contributed by atoms with E-state index < -0.39 is 10.8 Å². The highest BCUT2D eigenvalue weighted by atomic mass is 32.2. The van der Waals surface area contributed by atoms with Crippen molar-refractivity contribution in [3.05, 3.63) is 70.3 Å². The fourth-order valence-corrected chi connectivity index (χ4v) is 4.86. The van der Waals surface area contributed by atoms with Gasteiger partial charge in [0, 0.05) is 53.1 Å². The highest BCUT2D eigenvalue weighted by Crippen LogP contribution is 2.31. The summed E-state index contributed by atoms with van der Waals surface area (Å²) in [5.41, 5.74) is 2.09. The number of aromatic nitrogens is 1. The van der Waals surface area contributed by atoms with E-state index in [1.165, 1.54) is 0 Å². The second-order valence-corrected chi connectivity index (χ2v) is 11.2. The summed E-state index contributed by atoms with van der Waals surface area (Å²) in [6.45, 7) is 16.6. The maximum atomic E-state index is 12.5. The van der Waals surface area contributed by atoms with Gasteiger partial charge in [0.05, 0.1) is 20.7 Å². The smallest absolute Gasteiger partial charge is 0.103 e. The van der Waals surface area contributed by atoms with E-state index in [0.29, 0.717) is 0 Å². The Morgan fingerprint density at radius 1 is 1.18 bits per heavy atom. The Balaban J connectivity index is 2.03. The molecular formula is C27H38N4OS2. The average Bonchev–Trinajstić information content (AvgIpc) is 3.30. The predicted molar refractivity (Wildman–Crippen MR) is 150 cm³/mol. The normalized spacial score (nSPS) is 14.2. The van der Waals surface area contributed by atoms with Crippen LogP contribution in [0.4, 0.5) is 5.69 Å². The number of hydrogen-bond donors (Lipinski definition) is 1. The first-order valence-electron chi connectivity index (χ1n) is 11.8. The molecule has 0 saturated carbocycles. The first-order chi connectivity index (χ1) is 16.2. The number of aliphatic imine (C=N–C) groups is 1. The van der Waals surface area contributed by atoms with Crippen LogP contribution in [0.25, 0.3) is 5.57 Å². The molecule has 5 nitrogen and oxygen atoms in total. The Bertz CT molecular complexity index is 1050. The van der Waals surface area contributed by atoms with Gasteiger partial charge in [-0.1, -0.05) is 33.8 Å². The molecule has 2 aromatic rings. The van der Waals surface area contributed by atoms with Gasteiger partial charge in [-0.2, -0.15) is 0 Å². The van der Waals surface area contributed by atoms with Gasteiger partial charge in [-0.05, 0) is 63.1 Å². The first-order valence-corrected chi connectivity index (χ1v) is 13.8. The van der Waals surface area contributed by atoms with Crippen molar-refractivity contribution in [2.75, 3.05) is 18.4 Å². The van der Waals surface area contributed by atoms with Gasteiger partial charge in [0.1, 0.15) is 5.84 Å². The maximum absolute atomic E-state index is 12.5. The Labute approximate surface area is 211 Å². The zero-order valence-corrected chi connectivity index (χ0v) is 23.1. The molecule has 0 aliphatic rings. The summed E-state index contributed by atoms with van der Waals surface area (Å²) < 4.78 is 12.5. The van der Waals surface area contributed by atoms with Crippen LogP contribution in [0, 0.1) is 0 Å². The van der Waals surface area contributed by atoms with Crippen LogP contribution in [-0.4, -0.2) is 33.0 Å². The lowest BCUT2D eigenvalue weighted by Crippen LogP contribution is -2.15. The van der Waals surface area contributed by atoms with Crippen LogP contribution in [0.5, 0.6) is 0 Å². The van der Waals surface area contributed by atoms with Crippen molar-refractivity contribution >= 4 is 39.2 Å². The van der Waals surface area contributed by atoms with Crippen LogP contribution >= 0.6 is 11.3 Å². The van der Waals surface area contributed by atoms with Crippen LogP contribution in [-0.2, 0) is 16.2 Å². The number of benzene rings is 1. The Morgan fingerprint density at radius 2 is 1.85 bits per heavy atom. The monoisotopic (exact) mass is 498 g/mol. The number of allylic oxidation sites excluding steroid dienone is 3. The van der Waals surface area contributed by atoms with Crippen molar-refractivity contribution in [3.8, 4) is 0 Å². The van der Waals surface area contributed by atoms with Crippen molar-refractivity contribution in [2.45, 2.75) is 65.2 Å². The predicted octanol–water partition coefficient (Wildman–Crippen LogP) is 7.20. The first kappa shape index (κ1) is 27.7. The van der Waals surface area contributed by atoms with E-state index in [1.54, 1.807) is 16.7 Å². The lowest BCUT2D eigenvalue weighted by Gasteiger charge is -2.14. The fraction of sp³-hybridized carbons (Fsp3) is 0.407. The highest BCUT2D eigenvalue weighted by molar-refractivity contribution is 7.88. The van der Waals surface area contributed by atoms with Gasteiger partial charge in [0.2, 0.25) is 0 Å². The van der Waals surface area contributed by atoms with Crippen molar-refractivity contribution < 1.29 is 4.21 Å². The second kappa shape index (κ2) is 13.4. The fourth-order valence-electron chi connectivity index (χ4n) is 3.02. The molecule has 0 aliphatic carbocycles. The molecule has 1 N–H and O–H groups in total. The summed E-state index contributed by atoms with van der Waals surface area (Å²) in [5.74, 6) is 0.780. The molecule has 2 rings (SSSR count). The van der Waals surface area contributed by atoms with E-state index in [4.69, 9.17) is 0 Å². The molecule has 0 amide bonds. The summed E-state index contributed by atoms with van der Waals surface area (Å²) in [5, 5.41) is 6.16. The van der Waals surface area contributed by atoms with Gasteiger partial charge in [0.15, 0.2) is 0 Å². The third-order valence-corrected chi connectivity index (χ3v) is 7.58. The second-order valence-electron chi connectivity index (χ2n) is 8.83. The van der Waals surface area contributed by atoms with Crippen molar-refractivity contribution in [2.24, 2.45) is 4.99 Å². The number of thiazole rings is 1. The van der Waals surface area contributed by atoms with Crippen molar-refractivity contribution in [1.29, 1.82) is 0 Å². The molecular weight excluding hydrogens is 460 g/mol. The zero-order chi connectivity index (χ0) is 25.1. The maximum Gasteiger partial charge on any atom is 0.103 e. The molecule has 1 aromatic carbocycles. The standard InChI is InChI=1S/C27H38N4OS2/c1-8-11-22(25-20-29-26(33-25)27(5,6)7)16-17-28-21(4)30-23-12-14-24(15-13-23)34(32)19-18-31(9-2)10-3/h11-20H,8-10H2,1-7H3,(H,28,30)/b17-16-,19-18+,22-11-. The van der Waals surface area contributed by atoms with Gasteiger partial charge in [0.25, 0.3) is 0 Å². The molecule has 0 aliphatic heterocycles. The Kier molecular flexibility index (Phi) is 10.9. The molecule has 0 spiro atoms. The number of nitrogens with zero attached hydrogens (tertiary/aromatic N) is 3. The minimum Gasteiger partial charge on any atom is -0.377 e. The summed E-state index contributed by atoms with van der Waals surface area (Å²) >= 11 is 1.73. The lowest BCUT2D eigenvalue weighted by atomic mass is 9.98. The molecule has 1 unspecified atom stereocenters. The number of anilines is 1. The molecule has 7 heteroatoms. The highest BCUT2D eigenvalue weighted by Gasteiger charge is 2.18. The van der Waals surface area contributed by atoms with Crippen molar-refractivity contribution in [1.82, 2.24) is 9.88 Å². The largest absolute Gasteiger partial charge is 0.377 e. The quantitative estimate of drug-likeness (QED) is 0.214. The summed E-state index contributed by atoms with van der Waals surface area (Å²) in [6.07, 6.45) is 10.9. The Hall–Kier alpha value is -2.51. The SMILES string of the molecule is CC/C=C(/C=C\N=C(C)Nc1ccc(S(=O)/C=C/N(CC)CC)cc1)c1cnc(C(C)(C)C)s1. The van der Waals surface area contributed by atoms with Gasteiger partial charge in [-0.25, -0.2) is 14.2 Å². The van der Waals surface area contributed by atoms with Crippen LogP contribution in [0.3, 0.4) is 0 Å². The summed E-state index contributed by atoms with van der Waals surface area (Å²) in [4.78, 5) is 13.2. The van der Waals surface area contributed by atoms with E-state index in [-0.39, 0.29) is 5.41 Å². The molecule has 1 aromatic heterocycles. The molecule has 34 heavy (non-hydrogen) atoms. The molecule has 0 saturated heterocycles. The third-order valence-electron chi connectivity index (χ3n) is 5.00. The third kappa shape index (κ3) is 8.69. The molecule has 184 valence electrons. The number of nitrogens with one attached hydrogen (secondary N) is 1. The summed E-state index contributed by atoms with van der Waals surface area (Å²) in [6, 6.07) is 7.61. The van der Waals surface area contributed by atoms with Crippen LogP contribution < -0.4 is 5.32 Å². The van der Waals surface area contributed by atoms with Crippen LogP contribution in [0.15, 0.2) is 70.3 Å². The topological polar surface area (TPSA) is 57.6 Å². The summed E-state index contributed by atoms with van der Waals surface area (Å²) in [7, 11) is -1.16. The molecule has 1 heterocycles. The number of amidine groups is 1. The van der Waals surface area contributed by atoms with Gasteiger partial charge in [-0.15, -0.1) is 11.3 Å². The number of rotatable bonds is 10. The van der Waals surface area contributed by atoms with E-state index >= 15 is 0 Å². The zero-order valence-electron chi connectivity index (χ0n) is 21.5. The minimum absolute atomic E-state index is 0.0480. The number of hydrogen-bond acceptors (Lipinski definition) is 5. The van der Waals surface area contributed by atoms with E-state index in [1.807, 2.05) is 55.9 Å². The lowest BCUT2D eigenvalue weighted by molar-refractivity contribution is 0.419. The van der Waals surface area contributed by atoms with E-state index in [2.05, 4.69) is 67.8 Å². The van der Waals surface area contributed by atoms with E-state index in [9.17, 15) is 4.21 Å². The van der Waals surface area contributed by atoms with Crippen molar-refractivity contribution in [3.63, 3.8) is 0 Å². The van der Waals surface area contributed by atoms with E-state index in [0.717, 1.165) is 51.4 Å².